The average Bonchev–Trinajstić information content (AvgIpc) is 2.52. The maximum atomic E-state index is 11.3. The molecule has 5 heteroatoms. The maximum absolute atomic E-state index is 11.3. The highest BCUT2D eigenvalue weighted by Gasteiger charge is 2.32. The first kappa shape index (κ1) is 16.8. The van der Waals surface area contributed by atoms with Crippen LogP contribution in [0.3, 0.4) is 0 Å². The molecule has 0 aliphatic heterocycles. The van der Waals surface area contributed by atoms with Gasteiger partial charge in [-0.1, -0.05) is 38.5 Å². The van der Waals surface area contributed by atoms with Crippen molar-refractivity contribution in [2.45, 2.75) is 70.3 Å². The molecule has 0 aromatic heterocycles. The van der Waals surface area contributed by atoms with Crippen molar-refractivity contribution in [1.29, 1.82) is 0 Å². The quantitative estimate of drug-likeness (QED) is 0.656. The van der Waals surface area contributed by atoms with Crippen LogP contribution in [-0.2, 0) is 9.59 Å². The molecule has 0 radical (unpaired) electrons. The monoisotopic (exact) mass is 309 g/mol. The molecule has 0 aromatic rings. The van der Waals surface area contributed by atoms with Crippen LogP contribution in [0, 0.1) is 11.8 Å². The predicted octanol–water partition coefficient (Wildman–Crippen LogP) is 3.16. The molecule has 0 aromatic carbocycles. The van der Waals surface area contributed by atoms with Gasteiger partial charge in [-0.25, -0.2) is 9.59 Å². The molecule has 0 atom stereocenters. The Labute approximate surface area is 131 Å². The molecular formula is C17H27NO4. The number of carboxylic acid groups (broad SMARTS) is 2. The fourth-order valence-corrected chi connectivity index (χ4v) is 4.08. The van der Waals surface area contributed by atoms with Gasteiger partial charge < -0.3 is 15.5 Å². The van der Waals surface area contributed by atoms with Crippen LogP contribution in [0.2, 0.25) is 0 Å². The number of aliphatic carboxylic acids is 2. The Balaban J connectivity index is 2.14. The predicted molar refractivity (Wildman–Crippen MR) is 83.4 cm³/mol. The molecule has 2 aliphatic carbocycles. The van der Waals surface area contributed by atoms with Gasteiger partial charge in [0, 0.05) is 6.04 Å². The molecular weight excluding hydrogens is 282 g/mol. The number of hydrogen-bond acceptors (Lipinski definition) is 3. The summed E-state index contributed by atoms with van der Waals surface area (Å²) in [4.78, 5) is 22.2. The van der Waals surface area contributed by atoms with Crippen molar-refractivity contribution in [2.24, 2.45) is 11.8 Å². The minimum Gasteiger partial charge on any atom is -0.478 e. The Bertz CT molecular complexity index is 402. The summed E-state index contributed by atoms with van der Waals surface area (Å²) in [5.74, 6) is -1.46. The van der Waals surface area contributed by atoms with Crippen molar-refractivity contribution < 1.29 is 19.8 Å². The van der Waals surface area contributed by atoms with Crippen molar-refractivity contribution in [2.75, 3.05) is 0 Å². The molecule has 0 spiro atoms. The first-order valence-corrected chi connectivity index (χ1v) is 8.52. The third-order valence-corrected chi connectivity index (χ3v) is 5.14. The van der Waals surface area contributed by atoms with Crippen molar-refractivity contribution in [3.63, 3.8) is 0 Å². The Morgan fingerprint density at radius 1 is 0.864 bits per heavy atom. The van der Waals surface area contributed by atoms with Gasteiger partial charge in [-0.2, -0.15) is 0 Å². The zero-order valence-electron chi connectivity index (χ0n) is 13.1. The Morgan fingerprint density at radius 3 is 1.68 bits per heavy atom. The summed E-state index contributed by atoms with van der Waals surface area (Å²) in [6.07, 6.45) is 12.6. The average molecular weight is 309 g/mol. The second kappa shape index (κ2) is 8.20. The number of rotatable bonds is 6. The Hall–Kier alpha value is -1.52. The molecule has 5 nitrogen and oxygen atoms in total. The summed E-state index contributed by atoms with van der Waals surface area (Å²) >= 11 is 0. The van der Waals surface area contributed by atoms with E-state index in [1.807, 2.05) is 0 Å². The van der Waals surface area contributed by atoms with Gasteiger partial charge >= 0.3 is 11.9 Å². The molecule has 0 saturated heterocycles. The second-order valence-corrected chi connectivity index (χ2v) is 6.67. The van der Waals surface area contributed by atoms with Gasteiger partial charge in [0.1, 0.15) is 5.70 Å². The zero-order chi connectivity index (χ0) is 15.9. The molecule has 2 rings (SSSR count). The molecule has 3 N–H and O–H groups in total. The lowest BCUT2D eigenvalue weighted by Crippen LogP contribution is -2.45. The normalized spacial score (nSPS) is 21.8. The molecule has 2 aliphatic rings. The van der Waals surface area contributed by atoms with Crippen LogP contribution in [0.5, 0.6) is 0 Å². The molecule has 0 amide bonds. The van der Waals surface area contributed by atoms with E-state index in [1.54, 1.807) is 0 Å². The van der Waals surface area contributed by atoms with Gasteiger partial charge in [-0.05, 0) is 37.5 Å². The van der Waals surface area contributed by atoms with E-state index in [0.29, 0.717) is 11.8 Å². The maximum Gasteiger partial charge on any atom is 0.352 e. The summed E-state index contributed by atoms with van der Waals surface area (Å²) in [5.41, 5.74) is -0.173. The van der Waals surface area contributed by atoms with E-state index < -0.39 is 11.9 Å². The molecule has 22 heavy (non-hydrogen) atoms. The fraction of sp³-hybridized carbons (Fsp3) is 0.765. The number of nitrogens with one attached hydrogen (secondary N) is 1. The highest BCUT2D eigenvalue weighted by Crippen LogP contribution is 2.36. The highest BCUT2D eigenvalue weighted by atomic mass is 16.4. The van der Waals surface area contributed by atoms with E-state index >= 15 is 0 Å². The van der Waals surface area contributed by atoms with Crippen LogP contribution in [0.25, 0.3) is 0 Å². The lowest BCUT2D eigenvalue weighted by molar-refractivity contribution is -0.135. The topological polar surface area (TPSA) is 86.6 Å². The smallest absolute Gasteiger partial charge is 0.352 e. The molecule has 0 bridgehead atoms. The third kappa shape index (κ3) is 4.75. The van der Waals surface area contributed by atoms with Crippen LogP contribution in [0.1, 0.15) is 64.2 Å². The van der Waals surface area contributed by atoms with E-state index in [-0.39, 0.29) is 11.7 Å². The van der Waals surface area contributed by atoms with Gasteiger partial charge in [0.05, 0.1) is 6.08 Å². The SMILES string of the molecule is O=C(O)/C=C(\NC(C1CCCCC1)C1CCCCC1)C(=O)O. The number of carbonyl (C=O) groups is 2. The van der Waals surface area contributed by atoms with Crippen molar-refractivity contribution in [3.8, 4) is 0 Å². The Kier molecular flexibility index (Phi) is 6.28. The summed E-state index contributed by atoms with van der Waals surface area (Å²) < 4.78 is 0. The van der Waals surface area contributed by atoms with E-state index in [2.05, 4.69) is 5.32 Å². The fourth-order valence-electron chi connectivity index (χ4n) is 4.08. The lowest BCUT2D eigenvalue weighted by atomic mass is 9.73. The molecule has 0 unspecified atom stereocenters. The van der Waals surface area contributed by atoms with Crippen molar-refractivity contribution in [1.82, 2.24) is 5.32 Å². The van der Waals surface area contributed by atoms with Crippen LogP contribution in [0.4, 0.5) is 0 Å². The highest BCUT2D eigenvalue weighted by molar-refractivity contribution is 5.94. The summed E-state index contributed by atoms with van der Waals surface area (Å²) in [6, 6.07) is 0.0994. The van der Waals surface area contributed by atoms with Crippen molar-refractivity contribution >= 4 is 11.9 Å². The van der Waals surface area contributed by atoms with Gasteiger partial charge in [-0.3, -0.25) is 0 Å². The standard InChI is InChI=1S/C17H27NO4/c19-15(20)11-14(17(21)22)18-16(12-7-3-1-4-8-12)13-9-5-2-6-10-13/h11-13,16,18H,1-10H2,(H,19,20)(H,21,22)/b14-11-. The summed E-state index contributed by atoms with van der Waals surface area (Å²) in [5, 5.41) is 21.3. The summed E-state index contributed by atoms with van der Waals surface area (Å²) in [7, 11) is 0. The van der Waals surface area contributed by atoms with Gasteiger partial charge in [0.2, 0.25) is 0 Å². The minimum atomic E-state index is -1.21. The molecule has 2 fully saturated rings. The van der Waals surface area contributed by atoms with Gasteiger partial charge in [-0.15, -0.1) is 0 Å². The lowest BCUT2D eigenvalue weighted by Gasteiger charge is -2.38. The van der Waals surface area contributed by atoms with Crippen molar-refractivity contribution in [3.05, 3.63) is 11.8 Å². The van der Waals surface area contributed by atoms with Crippen LogP contribution < -0.4 is 5.32 Å². The number of hydrogen-bond donors (Lipinski definition) is 3. The van der Waals surface area contributed by atoms with E-state index in [4.69, 9.17) is 5.11 Å². The van der Waals surface area contributed by atoms with E-state index in [1.165, 1.54) is 38.5 Å². The van der Waals surface area contributed by atoms with Crippen LogP contribution in [-0.4, -0.2) is 28.2 Å². The second-order valence-electron chi connectivity index (χ2n) is 6.67. The van der Waals surface area contributed by atoms with E-state index in [9.17, 15) is 14.7 Å². The minimum absolute atomic E-state index is 0.0994. The molecule has 0 heterocycles. The van der Waals surface area contributed by atoms with Gasteiger partial charge in [0.15, 0.2) is 0 Å². The van der Waals surface area contributed by atoms with Crippen LogP contribution in [0.15, 0.2) is 11.8 Å². The summed E-state index contributed by atoms with van der Waals surface area (Å²) in [6.45, 7) is 0. The Morgan fingerprint density at radius 2 is 1.32 bits per heavy atom. The van der Waals surface area contributed by atoms with Gasteiger partial charge in [0.25, 0.3) is 0 Å². The van der Waals surface area contributed by atoms with E-state index in [0.717, 1.165) is 31.8 Å². The first-order chi connectivity index (χ1) is 10.6. The number of carboxylic acids is 2. The van der Waals surface area contributed by atoms with Crippen LogP contribution >= 0.6 is 0 Å². The molecule has 124 valence electrons. The third-order valence-electron chi connectivity index (χ3n) is 5.14. The first-order valence-electron chi connectivity index (χ1n) is 8.52. The molecule has 2 saturated carbocycles. The largest absolute Gasteiger partial charge is 0.478 e. The zero-order valence-corrected chi connectivity index (χ0v) is 13.1.